The number of benzene rings is 2. The minimum Gasteiger partial charge on any atom is -0.385 e. The molecule has 0 radical (unpaired) electrons. The molecule has 3 aromatic rings. The molecule has 1 aliphatic heterocycles. The van der Waals surface area contributed by atoms with Crippen molar-refractivity contribution in [3.63, 3.8) is 0 Å². The van der Waals surface area contributed by atoms with Gasteiger partial charge in [0.15, 0.2) is 0 Å². The van der Waals surface area contributed by atoms with Crippen LogP contribution < -0.4 is 10.6 Å². The Morgan fingerprint density at radius 3 is 2.51 bits per heavy atom. The lowest BCUT2D eigenvalue weighted by molar-refractivity contribution is -0.124. The van der Waals surface area contributed by atoms with Crippen molar-refractivity contribution in [1.82, 2.24) is 19.7 Å². The van der Waals surface area contributed by atoms with E-state index in [1.165, 1.54) is 16.4 Å². The number of amides is 2. The minimum absolute atomic E-state index is 0.00656. The van der Waals surface area contributed by atoms with Gasteiger partial charge in [0.05, 0.1) is 12.6 Å². The standard InChI is InChI=1S/C27H37N5O3/c1-4-32-24-9-6-5-8-22(24)23-18-21(10-11-25(23)32)29-27(34)20(2)31-15-13-30(14-16-31)19-26(33)28-12-7-17-35-3/h5-6,8-11,18,20H,4,7,12-17,19H2,1-3H3,(H,28,33)(H,29,34)/t20-/m1/s1. The van der Waals surface area contributed by atoms with Gasteiger partial charge in [-0.15, -0.1) is 0 Å². The van der Waals surface area contributed by atoms with Crippen molar-refractivity contribution in [3.05, 3.63) is 42.5 Å². The molecule has 35 heavy (non-hydrogen) atoms. The quantitative estimate of drug-likeness (QED) is 0.437. The van der Waals surface area contributed by atoms with Crippen LogP contribution in [-0.4, -0.2) is 85.2 Å². The molecule has 2 N–H and O–H groups in total. The zero-order chi connectivity index (χ0) is 24.8. The molecule has 0 spiro atoms. The molecule has 2 aromatic carbocycles. The van der Waals surface area contributed by atoms with Crippen LogP contribution in [0.3, 0.4) is 0 Å². The Hall–Kier alpha value is -2.94. The monoisotopic (exact) mass is 479 g/mol. The average Bonchev–Trinajstić information content (AvgIpc) is 3.19. The number of hydrogen-bond donors (Lipinski definition) is 2. The number of anilines is 1. The molecular formula is C27H37N5O3. The van der Waals surface area contributed by atoms with Crippen LogP contribution in [0.4, 0.5) is 5.69 Å². The molecule has 0 saturated carbocycles. The zero-order valence-electron chi connectivity index (χ0n) is 21.0. The van der Waals surface area contributed by atoms with Crippen molar-refractivity contribution in [3.8, 4) is 0 Å². The first-order chi connectivity index (χ1) is 17.0. The molecule has 1 atom stereocenters. The normalized spacial score (nSPS) is 16.0. The highest BCUT2D eigenvalue weighted by atomic mass is 16.5. The Balaban J connectivity index is 1.32. The van der Waals surface area contributed by atoms with E-state index in [0.29, 0.717) is 19.7 Å². The summed E-state index contributed by atoms with van der Waals surface area (Å²) in [7, 11) is 1.66. The van der Waals surface area contributed by atoms with Gasteiger partial charge >= 0.3 is 0 Å². The summed E-state index contributed by atoms with van der Waals surface area (Å²) < 4.78 is 7.31. The number of hydrogen-bond acceptors (Lipinski definition) is 5. The molecule has 0 aliphatic carbocycles. The Bertz CT molecular complexity index is 1170. The first kappa shape index (κ1) is 25.2. The molecule has 1 saturated heterocycles. The summed E-state index contributed by atoms with van der Waals surface area (Å²) in [6, 6.07) is 14.3. The van der Waals surface area contributed by atoms with Crippen LogP contribution in [0.5, 0.6) is 0 Å². The number of ether oxygens (including phenoxy) is 1. The van der Waals surface area contributed by atoms with E-state index in [4.69, 9.17) is 4.74 Å². The predicted octanol–water partition coefficient (Wildman–Crippen LogP) is 2.91. The molecule has 8 nitrogen and oxygen atoms in total. The molecular weight excluding hydrogens is 442 g/mol. The molecule has 0 unspecified atom stereocenters. The number of nitrogens with one attached hydrogen (secondary N) is 2. The SMILES string of the molecule is CCn1c2ccccc2c2cc(NC(=O)[C@@H](C)N3CCN(CC(=O)NCCCOC)CC3)ccc21. The van der Waals surface area contributed by atoms with E-state index in [2.05, 4.69) is 68.3 Å². The van der Waals surface area contributed by atoms with E-state index in [-0.39, 0.29) is 17.9 Å². The van der Waals surface area contributed by atoms with Crippen molar-refractivity contribution in [2.75, 3.05) is 58.3 Å². The summed E-state index contributed by atoms with van der Waals surface area (Å²) >= 11 is 0. The first-order valence-electron chi connectivity index (χ1n) is 12.6. The smallest absolute Gasteiger partial charge is 0.241 e. The third-order valence-corrected chi connectivity index (χ3v) is 6.90. The van der Waals surface area contributed by atoms with E-state index in [9.17, 15) is 9.59 Å². The van der Waals surface area contributed by atoms with Crippen molar-refractivity contribution in [2.45, 2.75) is 32.9 Å². The van der Waals surface area contributed by atoms with Gasteiger partial charge in [0, 0.05) is 80.5 Å². The van der Waals surface area contributed by atoms with Gasteiger partial charge in [-0.1, -0.05) is 18.2 Å². The maximum absolute atomic E-state index is 13.1. The number of para-hydroxylation sites is 1. The van der Waals surface area contributed by atoms with E-state index >= 15 is 0 Å². The van der Waals surface area contributed by atoms with Gasteiger partial charge < -0.3 is 19.9 Å². The highest BCUT2D eigenvalue weighted by molar-refractivity contribution is 6.10. The summed E-state index contributed by atoms with van der Waals surface area (Å²) in [6.07, 6.45) is 0.816. The number of fused-ring (bicyclic) bond motifs is 3. The Morgan fingerprint density at radius 2 is 1.77 bits per heavy atom. The third kappa shape index (κ3) is 5.83. The van der Waals surface area contributed by atoms with Crippen LogP contribution in [-0.2, 0) is 20.9 Å². The van der Waals surface area contributed by atoms with Gasteiger partial charge in [-0.25, -0.2) is 0 Å². The van der Waals surface area contributed by atoms with Crippen LogP contribution in [0.25, 0.3) is 21.8 Å². The fourth-order valence-corrected chi connectivity index (χ4v) is 4.90. The second-order valence-corrected chi connectivity index (χ2v) is 9.17. The third-order valence-electron chi connectivity index (χ3n) is 6.90. The molecule has 8 heteroatoms. The molecule has 0 bridgehead atoms. The first-order valence-corrected chi connectivity index (χ1v) is 12.6. The summed E-state index contributed by atoms with van der Waals surface area (Å²) in [4.78, 5) is 29.5. The molecule has 1 aromatic heterocycles. The molecule has 1 aliphatic rings. The largest absolute Gasteiger partial charge is 0.385 e. The highest BCUT2D eigenvalue weighted by Crippen LogP contribution is 2.31. The molecule has 2 heterocycles. The van der Waals surface area contributed by atoms with Gasteiger partial charge in [-0.2, -0.15) is 0 Å². The van der Waals surface area contributed by atoms with Crippen molar-refractivity contribution in [1.29, 1.82) is 0 Å². The number of piperazine rings is 1. The number of nitrogens with zero attached hydrogens (tertiary/aromatic N) is 3. The maximum atomic E-state index is 13.1. The van der Waals surface area contributed by atoms with E-state index < -0.39 is 0 Å². The van der Waals surface area contributed by atoms with Gasteiger partial charge in [-0.05, 0) is 44.5 Å². The minimum atomic E-state index is -0.243. The van der Waals surface area contributed by atoms with Crippen molar-refractivity contribution in [2.24, 2.45) is 0 Å². The summed E-state index contributed by atoms with van der Waals surface area (Å²) in [5.74, 6) is 0.0353. The van der Waals surface area contributed by atoms with Crippen LogP contribution in [0.1, 0.15) is 20.3 Å². The summed E-state index contributed by atoms with van der Waals surface area (Å²) in [6.45, 7) is 9.73. The van der Waals surface area contributed by atoms with Crippen molar-refractivity contribution >= 4 is 39.3 Å². The molecule has 2 amide bonds. The second-order valence-electron chi connectivity index (χ2n) is 9.17. The van der Waals surface area contributed by atoms with Gasteiger partial charge in [-0.3, -0.25) is 19.4 Å². The molecule has 188 valence electrons. The maximum Gasteiger partial charge on any atom is 0.241 e. The zero-order valence-corrected chi connectivity index (χ0v) is 21.0. The van der Waals surface area contributed by atoms with Crippen LogP contribution in [0, 0.1) is 0 Å². The lowest BCUT2D eigenvalue weighted by Gasteiger charge is -2.37. The number of aryl methyl sites for hydroxylation is 1. The molecule has 1 fully saturated rings. The van der Waals surface area contributed by atoms with Crippen LogP contribution in [0.15, 0.2) is 42.5 Å². The van der Waals surface area contributed by atoms with E-state index in [0.717, 1.165) is 50.2 Å². The fourth-order valence-electron chi connectivity index (χ4n) is 4.90. The van der Waals surface area contributed by atoms with E-state index in [1.807, 2.05) is 13.0 Å². The Morgan fingerprint density at radius 1 is 1.03 bits per heavy atom. The summed E-state index contributed by atoms with van der Waals surface area (Å²) in [5, 5.41) is 8.41. The number of aromatic nitrogens is 1. The van der Waals surface area contributed by atoms with Gasteiger partial charge in [0.25, 0.3) is 0 Å². The predicted molar refractivity (Wildman–Crippen MR) is 141 cm³/mol. The Labute approximate surface area is 207 Å². The van der Waals surface area contributed by atoms with Crippen LogP contribution >= 0.6 is 0 Å². The summed E-state index contributed by atoms with van der Waals surface area (Å²) in [5.41, 5.74) is 3.21. The fraction of sp³-hybridized carbons (Fsp3) is 0.481. The van der Waals surface area contributed by atoms with Crippen molar-refractivity contribution < 1.29 is 14.3 Å². The lowest BCUT2D eigenvalue weighted by Crippen LogP contribution is -2.54. The number of carbonyl (C=O) groups excluding carboxylic acids is 2. The van der Waals surface area contributed by atoms with Gasteiger partial charge in [0.1, 0.15) is 0 Å². The van der Waals surface area contributed by atoms with Crippen LogP contribution in [0.2, 0.25) is 0 Å². The lowest BCUT2D eigenvalue weighted by atomic mass is 10.1. The number of rotatable bonds is 10. The Kier molecular flexibility index (Phi) is 8.38. The average molecular weight is 480 g/mol. The van der Waals surface area contributed by atoms with E-state index in [1.54, 1.807) is 7.11 Å². The number of methoxy groups -OCH3 is 1. The second kappa shape index (κ2) is 11.7. The number of carbonyl (C=O) groups is 2. The topological polar surface area (TPSA) is 78.8 Å². The highest BCUT2D eigenvalue weighted by Gasteiger charge is 2.26. The molecule has 4 rings (SSSR count). The van der Waals surface area contributed by atoms with Gasteiger partial charge in [0.2, 0.25) is 11.8 Å².